The highest BCUT2D eigenvalue weighted by Gasteiger charge is 2.44. The van der Waals surface area contributed by atoms with Gasteiger partial charge >= 0.3 is 0 Å². The summed E-state index contributed by atoms with van der Waals surface area (Å²) in [6.07, 6.45) is 15.2. The Morgan fingerprint density at radius 2 is 0.650 bits per heavy atom. The average Bonchev–Trinajstić information content (AvgIpc) is 4.31. The summed E-state index contributed by atoms with van der Waals surface area (Å²) in [5.74, 6) is 0. The smallest absolute Gasteiger partial charge is 0.0541 e. The van der Waals surface area contributed by atoms with Gasteiger partial charge in [0.05, 0.1) is 33.4 Å². The molecule has 1 saturated carbocycles. The van der Waals surface area contributed by atoms with Crippen molar-refractivity contribution in [2.45, 2.75) is 37.5 Å². The number of fused-ring (bicyclic) bond motifs is 13. The second-order valence-corrected chi connectivity index (χ2v) is 22.3. The van der Waals surface area contributed by atoms with Crippen LogP contribution in [0.3, 0.4) is 0 Å². The number of para-hydroxylation sites is 2. The summed E-state index contributed by atoms with van der Waals surface area (Å²) in [4.78, 5) is 0. The predicted octanol–water partition coefficient (Wildman–Crippen LogP) is 21.1. The molecule has 0 atom stereocenters. The Bertz CT molecular complexity index is 4530. The largest absolute Gasteiger partial charge is 0.309 e. The van der Waals surface area contributed by atoms with Crippen LogP contribution < -0.4 is 0 Å². The van der Waals surface area contributed by atoms with Crippen molar-refractivity contribution >= 4 is 89.5 Å². The number of hydrogen-bond acceptors (Lipinski definition) is 0. The molecule has 2 heteroatoms. The van der Waals surface area contributed by atoms with Crippen LogP contribution in [-0.4, -0.2) is 9.13 Å². The highest BCUT2D eigenvalue weighted by Crippen LogP contribution is 2.57. The van der Waals surface area contributed by atoms with Crippen molar-refractivity contribution in [3.8, 4) is 44.8 Å². The molecule has 16 rings (SSSR count). The van der Waals surface area contributed by atoms with E-state index in [2.05, 4.69) is 288 Å². The van der Waals surface area contributed by atoms with Crippen LogP contribution in [0.4, 0.5) is 0 Å². The molecule has 1 fully saturated rings. The van der Waals surface area contributed by atoms with Crippen LogP contribution in [0.15, 0.2) is 255 Å². The molecule has 2 aromatic heterocycles. The van der Waals surface area contributed by atoms with E-state index in [1.54, 1.807) is 0 Å². The van der Waals surface area contributed by atoms with Crippen molar-refractivity contribution in [3.05, 3.63) is 288 Å². The molecule has 2 aliphatic carbocycles. The molecule has 0 bridgehead atoms. The minimum atomic E-state index is 0.0326. The van der Waals surface area contributed by atoms with E-state index in [4.69, 9.17) is 0 Å². The SMILES string of the molecule is C(=Cc1ccc2c(c1)c1ccccc1n2-c1cccc2ccccc12)c1ccc(-c2ccc3c(c2)C2(CCCCC2)c2cc(-c4ccc(C=Cc5ccc6c(c5)c5ccccc5n6-c5cccc6ccccc56)cc4)ccc2-3)cc1. The first-order valence-electron chi connectivity index (χ1n) is 28.5. The molecule has 0 unspecified atom stereocenters. The van der Waals surface area contributed by atoms with E-state index < -0.39 is 0 Å². The summed E-state index contributed by atoms with van der Waals surface area (Å²) in [5, 5.41) is 10.1. The van der Waals surface area contributed by atoms with E-state index >= 15 is 0 Å². The minimum absolute atomic E-state index is 0.0326. The number of aromatic nitrogens is 2. The Labute approximate surface area is 466 Å². The van der Waals surface area contributed by atoms with Crippen LogP contribution in [0.25, 0.3) is 134 Å². The molecule has 0 N–H and O–H groups in total. The Morgan fingerprint density at radius 3 is 1.12 bits per heavy atom. The molecule has 0 saturated heterocycles. The molecular weight excluding hydrogens is 965 g/mol. The molecule has 0 aliphatic heterocycles. The summed E-state index contributed by atoms with van der Waals surface area (Å²) in [6, 6.07) is 94.9. The van der Waals surface area contributed by atoms with Gasteiger partial charge in [-0.25, -0.2) is 0 Å². The highest BCUT2D eigenvalue weighted by atomic mass is 15.0. The maximum Gasteiger partial charge on any atom is 0.0541 e. The van der Waals surface area contributed by atoms with Crippen LogP contribution in [-0.2, 0) is 5.41 Å². The van der Waals surface area contributed by atoms with E-state index in [9.17, 15) is 0 Å². The third-order valence-corrected chi connectivity index (χ3v) is 17.9. The maximum absolute atomic E-state index is 2.54. The van der Waals surface area contributed by atoms with Gasteiger partial charge in [0.25, 0.3) is 0 Å². The average molecular weight is 1020 g/mol. The normalized spacial score (nSPS) is 14.0. The Balaban J connectivity index is 0.653. The lowest BCUT2D eigenvalue weighted by molar-refractivity contribution is 0.353. The number of hydrogen-bond donors (Lipinski definition) is 0. The quantitative estimate of drug-likeness (QED) is 0.134. The maximum atomic E-state index is 2.54. The lowest BCUT2D eigenvalue weighted by atomic mass is 9.67. The summed E-state index contributed by atoms with van der Waals surface area (Å²) in [6.45, 7) is 0. The van der Waals surface area contributed by atoms with Crippen LogP contribution in [0.1, 0.15) is 65.5 Å². The van der Waals surface area contributed by atoms with Gasteiger partial charge in [0, 0.05) is 37.7 Å². The van der Waals surface area contributed by atoms with E-state index in [0.717, 1.165) is 0 Å². The second kappa shape index (κ2) is 18.7. The van der Waals surface area contributed by atoms with Crippen molar-refractivity contribution in [1.82, 2.24) is 9.13 Å². The van der Waals surface area contributed by atoms with Gasteiger partial charge in [-0.05, 0) is 151 Å². The molecule has 14 aromatic rings. The van der Waals surface area contributed by atoms with Gasteiger partial charge in [-0.2, -0.15) is 0 Å². The molecule has 1 spiro atoms. The van der Waals surface area contributed by atoms with Gasteiger partial charge < -0.3 is 9.13 Å². The zero-order valence-corrected chi connectivity index (χ0v) is 44.5. The molecule has 2 heterocycles. The van der Waals surface area contributed by atoms with Crippen LogP contribution in [0.2, 0.25) is 0 Å². The molecule has 2 nitrogen and oxygen atoms in total. The van der Waals surface area contributed by atoms with Gasteiger partial charge in [0.2, 0.25) is 0 Å². The van der Waals surface area contributed by atoms with E-state index in [-0.39, 0.29) is 5.41 Å². The topological polar surface area (TPSA) is 9.86 Å². The van der Waals surface area contributed by atoms with E-state index in [1.807, 2.05) is 0 Å². The first-order chi connectivity index (χ1) is 39.6. The van der Waals surface area contributed by atoms with Gasteiger partial charge in [0.15, 0.2) is 0 Å². The monoisotopic (exact) mass is 1020 g/mol. The van der Waals surface area contributed by atoms with Crippen LogP contribution in [0.5, 0.6) is 0 Å². The molecule has 80 heavy (non-hydrogen) atoms. The standard InChI is InChI=1S/C78H56N2/c1-10-46-78(47-11-1)70-50-60(56-36-30-52(31-37-56)26-28-54-34-44-76-68(48-54)66-20-6-8-22-74(66)79(76)72-24-12-16-58-14-2-4-18-62(58)72)40-42-64(70)65-43-41-61(51-71(65)78)57-38-32-53(33-39-57)27-29-55-35-45-77-69(49-55)67-21-7-9-23-75(67)80(77)73-25-13-17-59-15-3-5-19-63(59)73/h2-9,12-45,48-51H,1,10-11,46-47H2. The fraction of sp³-hybridized carbons (Fsp3) is 0.0769. The van der Waals surface area contributed by atoms with Crippen molar-refractivity contribution in [2.24, 2.45) is 0 Å². The molecule has 0 amide bonds. The number of benzene rings is 12. The predicted molar refractivity (Wildman–Crippen MR) is 341 cm³/mol. The summed E-state index contributed by atoms with van der Waals surface area (Å²) < 4.78 is 4.86. The molecule has 0 radical (unpaired) electrons. The van der Waals surface area contributed by atoms with Crippen LogP contribution in [0, 0.1) is 0 Å². The number of rotatable bonds is 8. The molecule has 12 aromatic carbocycles. The first kappa shape index (κ1) is 46.3. The van der Waals surface area contributed by atoms with Crippen molar-refractivity contribution < 1.29 is 0 Å². The van der Waals surface area contributed by atoms with Crippen LogP contribution >= 0.6 is 0 Å². The Hall–Kier alpha value is -9.76. The molecule has 2 aliphatic rings. The first-order valence-corrected chi connectivity index (χ1v) is 28.5. The molecule has 378 valence electrons. The summed E-state index contributed by atoms with van der Waals surface area (Å²) in [7, 11) is 0. The Morgan fingerprint density at radius 1 is 0.275 bits per heavy atom. The van der Waals surface area contributed by atoms with Crippen molar-refractivity contribution in [3.63, 3.8) is 0 Å². The van der Waals surface area contributed by atoms with Gasteiger partial charge in [-0.3, -0.25) is 0 Å². The molecular formula is C78H56N2. The summed E-state index contributed by atoms with van der Waals surface area (Å²) >= 11 is 0. The highest BCUT2D eigenvalue weighted by molar-refractivity contribution is 6.13. The zero-order valence-electron chi connectivity index (χ0n) is 44.5. The Kier molecular flexibility index (Phi) is 10.8. The van der Waals surface area contributed by atoms with Crippen molar-refractivity contribution in [1.29, 1.82) is 0 Å². The fourth-order valence-electron chi connectivity index (χ4n) is 14.0. The summed E-state index contributed by atoms with van der Waals surface area (Å²) in [5.41, 5.74) is 23.0. The third kappa shape index (κ3) is 7.54. The lowest BCUT2D eigenvalue weighted by Crippen LogP contribution is -2.28. The van der Waals surface area contributed by atoms with E-state index in [1.165, 1.54) is 175 Å². The number of nitrogens with zero attached hydrogens (tertiary/aromatic N) is 2. The van der Waals surface area contributed by atoms with Gasteiger partial charge in [-0.15, -0.1) is 0 Å². The van der Waals surface area contributed by atoms with Crippen molar-refractivity contribution in [2.75, 3.05) is 0 Å². The zero-order chi connectivity index (χ0) is 52.7. The minimum Gasteiger partial charge on any atom is -0.309 e. The van der Waals surface area contributed by atoms with E-state index in [0.29, 0.717) is 0 Å². The van der Waals surface area contributed by atoms with Gasteiger partial charge in [-0.1, -0.05) is 238 Å². The third-order valence-electron chi connectivity index (χ3n) is 17.9. The fourth-order valence-corrected chi connectivity index (χ4v) is 14.0. The lowest BCUT2D eigenvalue weighted by Gasteiger charge is -2.36. The second-order valence-electron chi connectivity index (χ2n) is 22.3. The van der Waals surface area contributed by atoms with Gasteiger partial charge in [0.1, 0.15) is 0 Å².